The maximum absolute atomic E-state index is 12.0. The highest BCUT2D eigenvalue weighted by Gasteiger charge is 2.52. The van der Waals surface area contributed by atoms with Crippen LogP contribution in [0.5, 0.6) is 0 Å². The molecule has 0 aromatic heterocycles. The number of rotatable bonds is 10. The maximum atomic E-state index is 12.0. The highest BCUT2D eigenvalue weighted by molar-refractivity contribution is 5.72. The molecule has 5 atom stereocenters. The molecule has 0 aromatic carbocycles. The van der Waals surface area contributed by atoms with Gasteiger partial charge in [0.05, 0.1) is 18.8 Å². The van der Waals surface area contributed by atoms with E-state index >= 15 is 0 Å². The first kappa shape index (κ1) is 22.6. The Bertz CT molecular complexity index is 564. The van der Waals surface area contributed by atoms with Crippen LogP contribution in [0, 0.1) is 23.2 Å². The van der Waals surface area contributed by atoms with Crippen LogP contribution in [0.2, 0.25) is 0 Å². The zero-order valence-corrected chi connectivity index (χ0v) is 18.8. The minimum absolute atomic E-state index is 0.0000239. The van der Waals surface area contributed by atoms with Crippen molar-refractivity contribution in [3.05, 3.63) is 11.8 Å². The smallest absolute Gasteiger partial charge is 0.306 e. The molecule has 2 saturated heterocycles. The Morgan fingerprint density at radius 2 is 2.14 bits per heavy atom. The van der Waals surface area contributed by atoms with Crippen molar-refractivity contribution in [1.82, 2.24) is 0 Å². The van der Waals surface area contributed by atoms with Crippen LogP contribution in [0.25, 0.3) is 0 Å². The molecule has 1 saturated carbocycles. The van der Waals surface area contributed by atoms with E-state index in [2.05, 4.69) is 26.8 Å². The third-order valence-corrected chi connectivity index (χ3v) is 6.84. The summed E-state index contributed by atoms with van der Waals surface area (Å²) in [6.07, 6.45) is 11.3. The number of carbonyl (C=O) groups is 1. The van der Waals surface area contributed by atoms with Gasteiger partial charge >= 0.3 is 5.97 Å². The number of fused-ring (bicyclic) bond motifs is 1. The third-order valence-electron chi connectivity index (χ3n) is 6.84. The first-order valence-electron chi connectivity index (χ1n) is 11.6. The number of unbranched alkanes of at least 4 members (excludes halogenated alkanes) is 1. The van der Waals surface area contributed by atoms with Crippen LogP contribution in [0.1, 0.15) is 78.6 Å². The molecule has 0 bridgehead atoms. The van der Waals surface area contributed by atoms with Crippen molar-refractivity contribution < 1.29 is 23.7 Å². The Morgan fingerprint density at radius 3 is 2.83 bits per heavy atom. The first-order chi connectivity index (χ1) is 13.9. The fraction of sp³-hybridized carbons (Fsp3) is 0.875. The van der Waals surface area contributed by atoms with Crippen molar-refractivity contribution in [2.45, 2.75) is 91.0 Å². The molecule has 2 heterocycles. The van der Waals surface area contributed by atoms with Crippen molar-refractivity contribution >= 4 is 5.97 Å². The van der Waals surface area contributed by atoms with Gasteiger partial charge in [-0.2, -0.15) is 0 Å². The normalized spacial score (nSPS) is 32.9. The largest absolute Gasteiger partial charge is 0.469 e. The zero-order valence-electron chi connectivity index (χ0n) is 18.8. The Kier molecular flexibility index (Phi) is 8.03. The van der Waals surface area contributed by atoms with Gasteiger partial charge in [0.15, 0.2) is 6.29 Å². The number of allylic oxidation sites excluding steroid dienone is 2. The molecule has 0 spiro atoms. The molecule has 166 valence electrons. The van der Waals surface area contributed by atoms with Crippen molar-refractivity contribution in [3.63, 3.8) is 0 Å². The Labute approximate surface area is 176 Å². The summed E-state index contributed by atoms with van der Waals surface area (Å²) in [5.41, 5.74) is 0.231. The summed E-state index contributed by atoms with van der Waals surface area (Å²) >= 11 is 0. The number of methoxy groups -OCH3 is 1. The van der Waals surface area contributed by atoms with E-state index in [4.69, 9.17) is 18.9 Å². The van der Waals surface area contributed by atoms with Crippen LogP contribution in [0.4, 0.5) is 0 Å². The molecule has 2 aliphatic heterocycles. The molecule has 0 aromatic rings. The summed E-state index contributed by atoms with van der Waals surface area (Å²) in [4.78, 5) is 12.0. The lowest BCUT2D eigenvalue weighted by Gasteiger charge is -2.32. The van der Waals surface area contributed by atoms with Crippen molar-refractivity contribution in [3.8, 4) is 0 Å². The van der Waals surface area contributed by atoms with E-state index in [9.17, 15) is 4.79 Å². The van der Waals surface area contributed by atoms with Gasteiger partial charge < -0.3 is 18.9 Å². The van der Waals surface area contributed by atoms with Crippen molar-refractivity contribution in [1.29, 1.82) is 0 Å². The lowest BCUT2D eigenvalue weighted by Crippen LogP contribution is -2.29. The second-order valence-electron chi connectivity index (χ2n) is 9.87. The fourth-order valence-corrected chi connectivity index (χ4v) is 5.19. The van der Waals surface area contributed by atoms with E-state index in [1.807, 2.05) is 0 Å². The van der Waals surface area contributed by atoms with Gasteiger partial charge in [0, 0.05) is 32.0 Å². The highest BCUT2D eigenvalue weighted by Crippen LogP contribution is 2.49. The van der Waals surface area contributed by atoms with Gasteiger partial charge in [0.25, 0.3) is 0 Å². The Morgan fingerprint density at radius 1 is 1.31 bits per heavy atom. The lowest BCUT2D eigenvalue weighted by molar-refractivity contribution is -0.147. The predicted octanol–water partition coefficient (Wildman–Crippen LogP) is 5.23. The molecule has 0 radical (unpaired) electrons. The molecule has 3 rings (SSSR count). The monoisotopic (exact) mass is 408 g/mol. The summed E-state index contributed by atoms with van der Waals surface area (Å²) in [7, 11) is 1.75. The fourth-order valence-electron chi connectivity index (χ4n) is 5.19. The average molecular weight is 409 g/mol. The van der Waals surface area contributed by atoms with Crippen molar-refractivity contribution in [2.24, 2.45) is 23.2 Å². The third kappa shape index (κ3) is 5.97. The molecule has 0 N–H and O–H groups in total. The highest BCUT2D eigenvalue weighted by atomic mass is 16.7. The SMILES string of the molecule is CCCCC(C)(C)CC=C(OC1CCCCO1)[C@H]1[C@H](COC)C[C@H]2OC(=O)C[C@H]12. The lowest BCUT2D eigenvalue weighted by atomic mass is 9.81. The summed E-state index contributed by atoms with van der Waals surface area (Å²) in [5, 5.41) is 0. The zero-order chi connectivity index (χ0) is 20.9. The maximum Gasteiger partial charge on any atom is 0.306 e. The van der Waals surface area contributed by atoms with Crippen LogP contribution in [0.15, 0.2) is 11.8 Å². The molecule has 3 aliphatic rings. The minimum Gasteiger partial charge on any atom is -0.469 e. The van der Waals surface area contributed by atoms with E-state index in [0.717, 1.165) is 44.5 Å². The molecule has 5 heteroatoms. The van der Waals surface area contributed by atoms with Crippen LogP contribution in [-0.2, 0) is 23.7 Å². The van der Waals surface area contributed by atoms with E-state index < -0.39 is 0 Å². The van der Waals surface area contributed by atoms with E-state index in [1.54, 1.807) is 7.11 Å². The number of hydrogen-bond acceptors (Lipinski definition) is 5. The summed E-state index contributed by atoms with van der Waals surface area (Å²) in [6, 6.07) is 0. The Balaban J connectivity index is 1.81. The van der Waals surface area contributed by atoms with Crippen LogP contribution >= 0.6 is 0 Å². The molecule has 29 heavy (non-hydrogen) atoms. The molecular weight excluding hydrogens is 368 g/mol. The summed E-state index contributed by atoms with van der Waals surface area (Å²) in [6.45, 7) is 8.34. The number of ether oxygens (including phenoxy) is 4. The molecule has 0 amide bonds. The van der Waals surface area contributed by atoms with Gasteiger partial charge in [0.2, 0.25) is 0 Å². The second-order valence-corrected chi connectivity index (χ2v) is 9.87. The van der Waals surface area contributed by atoms with E-state index in [1.165, 1.54) is 19.3 Å². The van der Waals surface area contributed by atoms with Crippen LogP contribution in [-0.4, -0.2) is 38.7 Å². The van der Waals surface area contributed by atoms with Gasteiger partial charge in [-0.25, -0.2) is 0 Å². The average Bonchev–Trinajstić information content (AvgIpc) is 3.20. The predicted molar refractivity (Wildman–Crippen MR) is 112 cm³/mol. The van der Waals surface area contributed by atoms with Gasteiger partial charge in [-0.1, -0.05) is 33.6 Å². The topological polar surface area (TPSA) is 54.0 Å². The molecular formula is C24H40O5. The number of esters is 1. The summed E-state index contributed by atoms with van der Waals surface area (Å²) in [5.74, 6) is 1.61. The first-order valence-corrected chi connectivity index (χ1v) is 11.6. The molecule has 3 fully saturated rings. The minimum atomic E-state index is -0.172. The Hall–Kier alpha value is -1.07. The van der Waals surface area contributed by atoms with E-state index in [-0.39, 0.29) is 35.6 Å². The summed E-state index contributed by atoms with van der Waals surface area (Å²) < 4.78 is 23.6. The molecule has 1 aliphatic carbocycles. The van der Waals surface area contributed by atoms with E-state index in [0.29, 0.717) is 18.9 Å². The van der Waals surface area contributed by atoms with Gasteiger partial charge in [-0.3, -0.25) is 4.79 Å². The van der Waals surface area contributed by atoms with Gasteiger partial charge in [0.1, 0.15) is 6.10 Å². The van der Waals surface area contributed by atoms with Crippen molar-refractivity contribution in [2.75, 3.05) is 20.3 Å². The standard InChI is InChI=1S/C24H40O5/c1-5-6-11-24(2,3)12-10-19(29-22-9-7-8-13-27-22)23-17(16-26-4)14-20-18(23)15-21(25)28-20/h10,17-18,20,22-23H,5-9,11-16H2,1-4H3/t17-,18-,20+,22?,23-/m0/s1. The van der Waals surface area contributed by atoms with Crippen LogP contribution in [0.3, 0.4) is 0 Å². The number of carbonyl (C=O) groups excluding carboxylic acids is 1. The number of hydrogen-bond donors (Lipinski definition) is 0. The van der Waals surface area contributed by atoms with Gasteiger partial charge in [-0.15, -0.1) is 0 Å². The molecule has 5 nitrogen and oxygen atoms in total. The quantitative estimate of drug-likeness (QED) is 0.366. The second kappa shape index (κ2) is 10.3. The van der Waals surface area contributed by atoms with Crippen LogP contribution < -0.4 is 0 Å². The molecule has 1 unspecified atom stereocenters. The van der Waals surface area contributed by atoms with Gasteiger partial charge in [-0.05, 0) is 49.5 Å².